The summed E-state index contributed by atoms with van der Waals surface area (Å²) in [5.74, 6) is -0.910. The molecule has 0 spiro atoms. The zero-order chi connectivity index (χ0) is 11.6. The summed E-state index contributed by atoms with van der Waals surface area (Å²) in [7, 11) is 0. The number of aliphatic carboxylic acids is 1. The molecule has 1 aliphatic rings. The molecule has 0 aromatic heterocycles. The van der Waals surface area contributed by atoms with E-state index in [1.807, 2.05) is 6.92 Å². The molecule has 0 heterocycles. The van der Waals surface area contributed by atoms with Crippen molar-refractivity contribution in [1.82, 2.24) is 0 Å². The maximum atomic E-state index is 10.8. The molecule has 0 aromatic carbocycles. The lowest BCUT2D eigenvalue weighted by Gasteiger charge is -2.19. The minimum absolute atomic E-state index is 0.339. The van der Waals surface area contributed by atoms with E-state index >= 15 is 0 Å². The van der Waals surface area contributed by atoms with Gasteiger partial charge >= 0.3 is 5.97 Å². The van der Waals surface area contributed by atoms with Gasteiger partial charge in [-0.2, -0.15) is 0 Å². The van der Waals surface area contributed by atoms with Crippen LogP contribution in [0.1, 0.15) is 13.3 Å². The highest BCUT2D eigenvalue weighted by Crippen LogP contribution is 2.32. The predicted octanol–water partition coefficient (Wildman–Crippen LogP) is 3.02. The van der Waals surface area contributed by atoms with Crippen molar-refractivity contribution in [2.45, 2.75) is 13.3 Å². The van der Waals surface area contributed by atoms with Crippen molar-refractivity contribution in [2.24, 2.45) is 0 Å². The van der Waals surface area contributed by atoms with Crippen LogP contribution in [0, 0.1) is 0 Å². The Morgan fingerprint density at radius 3 is 2.53 bits per heavy atom. The molecule has 0 aromatic rings. The highest BCUT2D eigenvalue weighted by Gasteiger charge is 2.20. The molecule has 0 saturated carbocycles. The van der Waals surface area contributed by atoms with Gasteiger partial charge in [-0.05, 0) is 35.3 Å². The summed E-state index contributed by atoms with van der Waals surface area (Å²) >= 11 is 0. The third kappa shape index (κ3) is 2.15. The molecule has 0 saturated heterocycles. The van der Waals surface area contributed by atoms with Gasteiger partial charge in [0.05, 0.1) is 0 Å². The molecule has 2 nitrogen and oxygen atoms in total. The Labute approximate surface area is 89.6 Å². The molecular formula is C13H14O2. The first kappa shape index (κ1) is 11.2. The van der Waals surface area contributed by atoms with Crippen molar-refractivity contribution in [1.29, 1.82) is 0 Å². The van der Waals surface area contributed by atoms with E-state index in [1.54, 1.807) is 12.2 Å². The summed E-state index contributed by atoms with van der Waals surface area (Å²) in [5.41, 5.74) is 3.73. The minimum Gasteiger partial charge on any atom is -0.478 e. The molecule has 0 amide bonds. The Hall–Kier alpha value is -1.83. The van der Waals surface area contributed by atoms with E-state index in [-0.39, 0.29) is 0 Å². The Morgan fingerprint density at radius 1 is 1.53 bits per heavy atom. The fraction of sp³-hybridized carbons (Fsp3) is 0.154. The van der Waals surface area contributed by atoms with Crippen LogP contribution in [0.3, 0.4) is 0 Å². The molecule has 0 bridgehead atoms. The second-order valence-electron chi connectivity index (χ2n) is 3.54. The fourth-order valence-corrected chi connectivity index (χ4v) is 1.65. The van der Waals surface area contributed by atoms with Crippen LogP contribution >= 0.6 is 0 Å². The predicted molar refractivity (Wildman–Crippen MR) is 61.5 cm³/mol. The van der Waals surface area contributed by atoms with Crippen molar-refractivity contribution < 1.29 is 9.90 Å². The van der Waals surface area contributed by atoms with Gasteiger partial charge in [0, 0.05) is 12.0 Å². The van der Waals surface area contributed by atoms with Gasteiger partial charge in [-0.25, -0.2) is 4.79 Å². The molecular weight excluding hydrogens is 188 g/mol. The van der Waals surface area contributed by atoms with Gasteiger partial charge in [-0.1, -0.05) is 25.8 Å². The molecule has 1 N–H and O–H groups in total. The first-order valence-electron chi connectivity index (χ1n) is 4.62. The first-order chi connectivity index (χ1) is 6.97. The largest absolute Gasteiger partial charge is 0.478 e. The van der Waals surface area contributed by atoms with Crippen LogP contribution in [-0.2, 0) is 4.79 Å². The quantitative estimate of drug-likeness (QED) is 0.747. The molecule has 0 atom stereocenters. The lowest BCUT2D eigenvalue weighted by molar-refractivity contribution is -0.132. The lowest BCUT2D eigenvalue weighted by atomic mass is 9.85. The van der Waals surface area contributed by atoms with E-state index in [1.165, 1.54) is 0 Å². The number of carbonyl (C=O) groups is 1. The van der Waals surface area contributed by atoms with Crippen LogP contribution in [0.5, 0.6) is 0 Å². The summed E-state index contributed by atoms with van der Waals surface area (Å²) in [4.78, 5) is 10.8. The maximum Gasteiger partial charge on any atom is 0.331 e. The minimum atomic E-state index is -0.910. The van der Waals surface area contributed by atoms with Crippen LogP contribution in [0.4, 0.5) is 0 Å². The number of hydrogen-bond donors (Lipinski definition) is 1. The third-order valence-electron chi connectivity index (χ3n) is 2.40. The zero-order valence-corrected chi connectivity index (χ0v) is 8.84. The third-order valence-corrected chi connectivity index (χ3v) is 2.40. The Bertz CT molecular complexity index is 420. The normalized spacial score (nSPS) is 19.7. The zero-order valence-electron chi connectivity index (χ0n) is 8.84. The van der Waals surface area contributed by atoms with Crippen LogP contribution < -0.4 is 0 Å². The second kappa shape index (κ2) is 4.13. The molecule has 78 valence electrons. The Balaban J connectivity index is 3.23. The van der Waals surface area contributed by atoms with Gasteiger partial charge in [0.25, 0.3) is 0 Å². The first-order valence-corrected chi connectivity index (χ1v) is 4.62. The van der Waals surface area contributed by atoms with E-state index in [4.69, 9.17) is 5.11 Å². The van der Waals surface area contributed by atoms with Crippen LogP contribution in [-0.4, -0.2) is 11.1 Å². The SMILES string of the molecule is C=C/C(C)=C1/C(=C)C=C(C(=O)O)CC1=C. The van der Waals surface area contributed by atoms with Crippen molar-refractivity contribution in [3.8, 4) is 0 Å². The van der Waals surface area contributed by atoms with Crippen molar-refractivity contribution in [2.75, 3.05) is 0 Å². The number of carboxylic acid groups (broad SMARTS) is 1. The van der Waals surface area contributed by atoms with E-state index in [0.717, 1.165) is 16.7 Å². The molecule has 2 heteroatoms. The fourth-order valence-electron chi connectivity index (χ4n) is 1.65. The summed E-state index contributed by atoms with van der Waals surface area (Å²) in [6.45, 7) is 13.3. The van der Waals surface area contributed by atoms with Gasteiger partial charge in [0.15, 0.2) is 0 Å². The second-order valence-corrected chi connectivity index (χ2v) is 3.54. The average molecular weight is 202 g/mol. The van der Waals surface area contributed by atoms with Gasteiger partial charge in [-0.3, -0.25) is 0 Å². The van der Waals surface area contributed by atoms with E-state index in [9.17, 15) is 4.79 Å². The summed E-state index contributed by atoms with van der Waals surface area (Å²) < 4.78 is 0. The van der Waals surface area contributed by atoms with Crippen molar-refractivity contribution >= 4 is 5.97 Å². The number of allylic oxidation sites excluding steroid dienone is 6. The monoisotopic (exact) mass is 202 g/mol. The molecule has 0 fully saturated rings. The van der Waals surface area contributed by atoms with E-state index in [2.05, 4.69) is 19.7 Å². The number of rotatable bonds is 2. The average Bonchev–Trinajstić information content (AvgIpc) is 2.16. The van der Waals surface area contributed by atoms with Crippen molar-refractivity contribution in [3.05, 3.63) is 59.8 Å². The van der Waals surface area contributed by atoms with Crippen LogP contribution in [0.25, 0.3) is 0 Å². The summed E-state index contributed by atoms with van der Waals surface area (Å²) in [6.07, 6.45) is 3.69. The topological polar surface area (TPSA) is 37.3 Å². The molecule has 0 radical (unpaired) electrons. The number of hydrogen-bond acceptors (Lipinski definition) is 1. The number of carboxylic acids is 1. The van der Waals surface area contributed by atoms with Gasteiger partial charge in [0.2, 0.25) is 0 Å². The molecule has 15 heavy (non-hydrogen) atoms. The smallest absolute Gasteiger partial charge is 0.331 e. The lowest BCUT2D eigenvalue weighted by Crippen LogP contribution is -2.09. The highest BCUT2D eigenvalue weighted by atomic mass is 16.4. The van der Waals surface area contributed by atoms with Crippen LogP contribution in [0.2, 0.25) is 0 Å². The van der Waals surface area contributed by atoms with Gasteiger partial charge in [0.1, 0.15) is 0 Å². The maximum absolute atomic E-state index is 10.8. The molecule has 1 aliphatic carbocycles. The Morgan fingerprint density at radius 2 is 2.13 bits per heavy atom. The van der Waals surface area contributed by atoms with Gasteiger partial charge in [-0.15, -0.1) is 0 Å². The molecule has 0 unspecified atom stereocenters. The molecule has 1 rings (SSSR count). The highest BCUT2D eigenvalue weighted by molar-refractivity contribution is 5.89. The Kier molecular flexibility index (Phi) is 3.10. The summed E-state index contributed by atoms with van der Waals surface area (Å²) in [5, 5.41) is 8.87. The van der Waals surface area contributed by atoms with E-state index < -0.39 is 5.97 Å². The van der Waals surface area contributed by atoms with Gasteiger partial charge < -0.3 is 5.11 Å². The molecule has 0 aliphatic heterocycles. The standard InChI is InChI=1S/C13H14O2/c1-5-8(2)12-9(3)6-11(13(14)15)7-10(12)4/h5-6H,1,3-4,7H2,2H3,(H,14,15)/b12-8-. The van der Waals surface area contributed by atoms with E-state index in [0.29, 0.717) is 17.6 Å². The van der Waals surface area contributed by atoms with Crippen LogP contribution in [0.15, 0.2) is 59.8 Å². The van der Waals surface area contributed by atoms with Crippen molar-refractivity contribution in [3.63, 3.8) is 0 Å². The summed E-state index contributed by atoms with van der Waals surface area (Å²) in [6, 6.07) is 0.